The smallest absolute Gasteiger partial charge is 0.224 e. The minimum absolute atomic E-state index is 0.194. The molecular formula is C12H13FINO. The van der Waals surface area contributed by atoms with E-state index in [0.29, 0.717) is 16.4 Å². The van der Waals surface area contributed by atoms with Crippen molar-refractivity contribution in [3.8, 4) is 0 Å². The zero-order chi connectivity index (χ0) is 12.1. The van der Waals surface area contributed by atoms with Gasteiger partial charge in [0.2, 0.25) is 5.91 Å². The van der Waals surface area contributed by atoms with Crippen LogP contribution in [0, 0.1) is 16.3 Å². The summed E-state index contributed by atoms with van der Waals surface area (Å²) in [5.41, 5.74) is 1.10. The maximum Gasteiger partial charge on any atom is 0.224 e. The highest BCUT2D eigenvalue weighted by molar-refractivity contribution is 14.1. The van der Waals surface area contributed by atoms with E-state index in [-0.39, 0.29) is 11.6 Å². The lowest BCUT2D eigenvalue weighted by molar-refractivity contribution is -0.116. The van der Waals surface area contributed by atoms with Crippen LogP contribution in [0.5, 0.6) is 0 Å². The highest BCUT2D eigenvalue weighted by atomic mass is 127. The molecule has 0 saturated heterocycles. The molecule has 2 nitrogen and oxygen atoms in total. The number of amides is 1. The summed E-state index contributed by atoms with van der Waals surface area (Å²) in [6, 6.07) is 3.23. The van der Waals surface area contributed by atoms with Crippen LogP contribution in [0.15, 0.2) is 24.8 Å². The van der Waals surface area contributed by atoms with Crippen molar-refractivity contribution >= 4 is 34.2 Å². The van der Waals surface area contributed by atoms with E-state index < -0.39 is 5.82 Å². The van der Waals surface area contributed by atoms with Gasteiger partial charge in [-0.2, -0.15) is 0 Å². The highest BCUT2D eigenvalue weighted by Gasteiger charge is 2.10. The summed E-state index contributed by atoms with van der Waals surface area (Å²) in [6.07, 6.45) is 2.58. The van der Waals surface area contributed by atoms with Gasteiger partial charge in [0.15, 0.2) is 0 Å². The van der Waals surface area contributed by atoms with E-state index in [1.807, 2.05) is 35.6 Å². The number of nitrogens with one attached hydrogen (secondary N) is 1. The summed E-state index contributed by atoms with van der Waals surface area (Å²) in [4.78, 5) is 11.4. The molecule has 1 rings (SSSR count). The summed E-state index contributed by atoms with van der Waals surface area (Å²) in [7, 11) is 0. The standard InChI is InChI=1S/C12H13FINO/c1-3-4-5-11(16)15-12-9(13)6-8(2)7-10(12)14/h3,6-7H,1,4-5H2,2H3,(H,15,16). The third-order valence-corrected chi connectivity index (χ3v) is 2.88. The Morgan fingerprint density at radius 2 is 2.31 bits per heavy atom. The first-order chi connectivity index (χ1) is 7.54. The third-order valence-electron chi connectivity index (χ3n) is 2.03. The number of carbonyl (C=O) groups is 1. The molecule has 0 heterocycles. The number of anilines is 1. The molecule has 1 N–H and O–H groups in total. The van der Waals surface area contributed by atoms with E-state index in [1.165, 1.54) is 6.07 Å². The summed E-state index contributed by atoms with van der Waals surface area (Å²) in [5.74, 6) is -0.586. The molecule has 86 valence electrons. The molecule has 1 amide bonds. The minimum atomic E-state index is -0.392. The molecule has 0 bridgehead atoms. The number of hydrogen-bond donors (Lipinski definition) is 1. The van der Waals surface area contributed by atoms with Gasteiger partial charge in [-0.25, -0.2) is 4.39 Å². The molecule has 0 aromatic heterocycles. The van der Waals surface area contributed by atoms with Crippen LogP contribution >= 0.6 is 22.6 Å². The Morgan fingerprint density at radius 1 is 1.62 bits per heavy atom. The van der Waals surface area contributed by atoms with Crippen molar-refractivity contribution < 1.29 is 9.18 Å². The van der Waals surface area contributed by atoms with Crippen molar-refractivity contribution in [2.24, 2.45) is 0 Å². The van der Waals surface area contributed by atoms with Crippen LogP contribution in [0.3, 0.4) is 0 Å². The van der Waals surface area contributed by atoms with Gasteiger partial charge in [-0.05, 0) is 53.6 Å². The Kier molecular flexibility index (Phi) is 4.92. The van der Waals surface area contributed by atoms with Crippen LogP contribution in [-0.4, -0.2) is 5.91 Å². The van der Waals surface area contributed by atoms with Crippen LogP contribution in [0.1, 0.15) is 18.4 Å². The second kappa shape index (κ2) is 5.98. The first-order valence-electron chi connectivity index (χ1n) is 4.91. The number of carbonyl (C=O) groups excluding carboxylic acids is 1. The molecule has 1 aromatic rings. The average Bonchev–Trinajstić information content (AvgIpc) is 2.20. The van der Waals surface area contributed by atoms with Crippen molar-refractivity contribution in [3.63, 3.8) is 0 Å². The van der Waals surface area contributed by atoms with Gasteiger partial charge in [0, 0.05) is 9.99 Å². The fourth-order valence-electron chi connectivity index (χ4n) is 1.25. The molecule has 0 spiro atoms. The van der Waals surface area contributed by atoms with E-state index in [4.69, 9.17) is 0 Å². The molecule has 0 unspecified atom stereocenters. The molecule has 16 heavy (non-hydrogen) atoms. The number of aryl methyl sites for hydroxylation is 1. The fraction of sp³-hybridized carbons (Fsp3) is 0.250. The monoisotopic (exact) mass is 333 g/mol. The maximum atomic E-state index is 13.6. The van der Waals surface area contributed by atoms with Gasteiger partial charge in [-0.1, -0.05) is 6.08 Å². The Balaban J connectivity index is 2.81. The Bertz CT molecular complexity index is 394. The molecule has 0 aliphatic carbocycles. The van der Waals surface area contributed by atoms with Gasteiger partial charge >= 0.3 is 0 Å². The fourth-order valence-corrected chi connectivity index (χ4v) is 2.14. The van der Waals surface area contributed by atoms with Crippen molar-refractivity contribution in [2.45, 2.75) is 19.8 Å². The molecule has 0 fully saturated rings. The average molecular weight is 333 g/mol. The van der Waals surface area contributed by atoms with Crippen molar-refractivity contribution in [1.29, 1.82) is 0 Å². The highest BCUT2D eigenvalue weighted by Crippen LogP contribution is 2.23. The zero-order valence-corrected chi connectivity index (χ0v) is 11.2. The first kappa shape index (κ1) is 13.2. The molecule has 0 atom stereocenters. The van der Waals surface area contributed by atoms with E-state index in [2.05, 4.69) is 11.9 Å². The SMILES string of the molecule is C=CCCC(=O)Nc1c(F)cc(C)cc1I. The van der Waals surface area contributed by atoms with Crippen LogP contribution in [0.25, 0.3) is 0 Å². The van der Waals surface area contributed by atoms with Crippen LogP contribution in [0.2, 0.25) is 0 Å². The van der Waals surface area contributed by atoms with E-state index in [0.717, 1.165) is 5.56 Å². The van der Waals surface area contributed by atoms with Crippen molar-refractivity contribution in [2.75, 3.05) is 5.32 Å². The quantitative estimate of drug-likeness (QED) is 0.661. The summed E-state index contributed by atoms with van der Waals surface area (Å²) in [6.45, 7) is 5.34. The lowest BCUT2D eigenvalue weighted by Gasteiger charge is -2.09. The number of halogens is 2. The van der Waals surface area contributed by atoms with Crippen LogP contribution in [-0.2, 0) is 4.79 Å². The van der Waals surface area contributed by atoms with Gasteiger partial charge in [0.25, 0.3) is 0 Å². The normalized spacial score (nSPS) is 9.94. The van der Waals surface area contributed by atoms with Crippen LogP contribution in [0.4, 0.5) is 10.1 Å². The van der Waals surface area contributed by atoms with Crippen LogP contribution < -0.4 is 5.32 Å². The number of allylic oxidation sites excluding steroid dienone is 1. The van der Waals surface area contributed by atoms with Crippen molar-refractivity contribution in [3.05, 3.63) is 39.7 Å². The number of rotatable bonds is 4. The van der Waals surface area contributed by atoms with Gasteiger partial charge in [-0.15, -0.1) is 6.58 Å². The second-order valence-electron chi connectivity index (χ2n) is 3.48. The molecule has 0 radical (unpaired) electrons. The topological polar surface area (TPSA) is 29.1 Å². The zero-order valence-electron chi connectivity index (χ0n) is 9.02. The van der Waals surface area contributed by atoms with E-state index >= 15 is 0 Å². The van der Waals surface area contributed by atoms with Gasteiger partial charge < -0.3 is 5.32 Å². The van der Waals surface area contributed by atoms with E-state index in [1.54, 1.807) is 6.08 Å². The molecule has 0 aliphatic rings. The number of benzene rings is 1. The van der Waals surface area contributed by atoms with Gasteiger partial charge in [-0.3, -0.25) is 4.79 Å². The number of hydrogen-bond acceptors (Lipinski definition) is 1. The second-order valence-corrected chi connectivity index (χ2v) is 4.64. The minimum Gasteiger partial charge on any atom is -0.323 e. The van der Waals surface area contributed by atoms with Gasteiger partial charge in [0.1, 0.15) is 5.82 Å². The van der Waals surface area contributed by atoms with E-state index in [9.17, 15) is 9.18 Å². The first-order valence-corrected chi connectivity index (χ1v) is 5.99. The van der Waals surface area contributed by atoms with Gasteiger partial charge in [0.05, 0.1) is 5.69 Å². The molecule has 0 saturated carbocycles. The Morgan fingerprint density at radius 3 is 2.88 bits per heavy atom. The predicted octanol–water partition coefficient (Wildman–Crippen LogP) is 3.64. The Labute approximate surface area is 108 Å². The predicted molar refractivity (Wildman–Crippen MR) is 71.9 cm³/mol. The Hall–Kier alpha value is -0.910. The summed E-state index contributed by atoms with van der Waals surface area (Å²) < 4.78 is 14.3. The molecule has 1 aromatic carbocycles. The molecule has 0 aliphatic heterocycles. The lowest BCUT2D eigenvalue weighted by atomic mass is 10.2. The summed E-state index contributed by atoms with van der Waals surface area (Å²) in [5, 5.41) is 2.57. The molecule has 4 heteroatoms. The third kappa shape index (κ3) is 3.59. The van der Waals surface area contributed by atoms with Crippen molar-refractivity contribution in [1.82, 2.24) is 0 Å². The largest absolute Gasteiger partial charge is 0.323 e. The lowest BCUT2D eigenvalue weighted by Crippen LogP contribution is -2.13. The molecular weight excluding hydrogens is 320 g/mol. The maximum absolute atomic E-state index is 13.6. The summed E-state index contributed by atoms with van der Waals surface area (Å²) >= 11 is 2.01.